The molecule has 1 amide bonds. The SMILES string of the molecule is Cc1ccccc1CNC(=O)c1ccc(NS(=O)(=O)c2ccc(C)c([N+](=O)[O-])c2)cc1. The highest BCUT2D eigenvalue weighted by Gasteiger charge is 2.20. The Bertz CT molecular complexity index is 1240. The Labute approximate surface area is 180 Å². The molecule has 0 aliphatic rings. The van der Waals surface area contributed by atoms with Crippen LogP contribution in [0.5, 0.6) is 0 Å². The maximum Gasteiger partial charge on any atom is 0.273 e. The van der Waals surface area contributed by atoms with Crippen molar-refractivity contribution in [3.8, 4) is 0 Å². The van der Waals surface area contributed by atoms with Gasteiger partial charge in [-0.15, -0.1) is 0 Å². The highest BCUT2D eigenvalue weighted by molar-refractivity contribution is 7.92. The van der Waals surface area contributed by atoms with Crippen molar-refractivity contribution in [2.75, 3.05) is 4.72 Å². The molecule has 160 valence electrons. The zero-order valence-electron chi connectivity index (χ0n) is 17.0. The maximum absolute atomic E-state index is 12.6. The van der Waals surface area contributed by atoms with Crippen LogP contribution in [-0.4, -0.2) is 19.2 Å². The van der Waals surface area contributed by atoms with Crippen molar-refractivity contribution in [3.05, 3.63) is 99.1 Å². The predicted molar refractivity (Wildman–Crippen MR) is 117 cm³/mol. The molecule has 3 aromatic rings. The lowest BCUT2D eigenvalue weighted by Gasteiger charge is -2.10. The van der Waals surface area contributed by atoms with E-state index in [-0.39, 0.29) is 22.2 Å². The summed E-state index contributed by atoms with van der Waals surface area (Å²) in [5.41, 5.74) is 2.78. The third kappa shape index (κ3) is 5.26. The normalized spacial score (nSPS) is 11.0. The van der Waals surface area contributed by atoms with Crippen molar-refractivity contribution < 1.29 is 18.1 Å². The fourth-order valence-electron chi connectivity index (χ4n) is 2.94. The molecule has 0 unspecified atom stereocenters. The van der Waals surface area contributed by atoms with Crippen molar-refractivity contribution in [1.29, 1.82) is 0 Å². The number of nitrogens with zero attached hydrogens (tertiary/aromatic N) is 1. The van der Waals surface area contributed by atoms with Gasteiger partial charge in [-0.05, 0) is 55.3 Å². The third-order valence-electron chi connectivity index (χ3n) is 4.79. The fourth-order valence-corrected chi connectivity index (χ4v) is 4.02. The molecule has 2 N–H and O–H groups in total. The van der Waals surface area contributed by atoms with Gasteiger partial charge in [-0.1, -0.05) is 30.3 Å². The average molecular weight is 439 g/mol. The van der Waals surface area contributed by atoms with E-state index in [1.807, 2.05) is 31.2 Å². The molecule has 0 heterocycles. The zero-order chi connectivity index (χ0) is 22.6. The Morgan fingerprint density at radius 2 is 1.65 bits per heavy atom. The van der Waals surface area contributed by atoms with E-state index in [1.165, 1.54) is 43.3 Å². The smallest absolute Gasteiger partial charge is 0.273 e. The fraction of sp³-hybridized carbons (Fsp3) is 0.136. The number of nitro groups is 1. The highest BCUT2D eigenvalue weighted by atomic mass is 32.2. The molecule has 3 rings (SSSR count). The number of amides is 1. The van der Waals surface area contributed by atoms with Crippen LogP contribution in [0.15, 0.2) is 71.6 Å². The number of aryl methyl sites for hydroxylation is 2. The van der Waals surface area contributed by atoms with Gasteiger partial charge in [0, 0.05) is 29.4 Å². The molecule has 9 heteroatoms. The van der Waals surface area contributed by atoms with Crippen LogP contribution in [0, 0.1) is 24.0 Å². The van der Waals surface area contributed by atoms with E-state index in [1.54, 1.807) is 0 Å². The summed E-state index contributed by atoms with van der Waals surface area (Å²) in [5, 5.41) is 13.9. The van der Waals surface area contributed by atoms with Gasteiger partial charge >= 0.3 is 0 Å². The number of nitrogens with one attached hydrogen (secondary N) is 2. The predicted octanol–water partition coefficient (Wildman–Crippen LogP) is 3.94. The minimum absolute atomic E-state index is 0.218. The highest BCUT2D eigenvalue weighted by Crippen LogP contribution is 2.24. The van der Waals surface area contributed by atoms with Crippen molar-refractivity contribution in [2.45, 2.75) is 25.3 Å². The van der Waals surface area contributed by atoms with Gasteiger partial charge in [-0.25, -0.2) is 8.42 Å². The molecule has 0 radical (unpaired) electrons. The molecule has 8 nitrogen and oxygen atoms in total. The number of hydrogen-bond donors (Lipinski definition) is 2. The molecule has 0 saturated carbocycles. The maximum atomic E-state index is 12.6. The van der Waals surface area contributed by atoms with Gasteiger partial charge in [0.2, 0.25) is 0 Å². The zero-order valence-corrected chi connectivity index (χ0v) is 17.8. The Kier molecular flexibility index (Phi) is 6.36. The Balaban J connectivity index is 1.70. The van der Waals surface area contributed by atoms with Gasteiger partial charge in [-0.3, -0.25) is 19.6 Å². The van der Waals surface area contributed by atoms with Crippen LogP contribution in [0.4, 0.5) is 11.4 Å². The van der Waals surface area contributed by atoms with Crippen LogP contribution in [-0.2, 0) is 16.6 Å². The van der Waals surface area contributed by atoms with E-state index in [2.05, 4.69) is 10.0 Å². The largest absolute Gasteiger partial charge is 0.348 e. The first-order valence-electron chi connectivity index (χ1n) is 9.38. The van der Waals surface area contributed by atoms with Crippen LogP contribution in [0.25, 0.3) is 0 Å². The minimum Gasteiger partial charge on any atom is -0.348 e. The summed E-state index contributed by atoms with van der Waals surface area (Å²) in [4.78, 5) is 22.6. The standard InChI is InChI=1S/C22H21N3O5S/c1-15-5-3-4-6-18(15)14-23-22(26)17-8-10-19(11-9-17)24-31(29,30)20-12-7-16(2)21(13-20)25(27)28/h3-13,24H,14H2,1-2H3,(H,23,26). The quantitative estimate of drug-likeness (QED) is 0.427. The van der Waals surface area contributed by atoms with E-state index in [4.69, 9.17) is 0 Å². The van der Waals surface area contributed by atoms with Crippen LogP contribution in [0.1, 0.15) is 27.0 Å². The van der Waals surface area contributed by atoms with Gasteiger partial charge < -0.3 is 5.32 Å². The number of sulfonamides is 1. The molecular formula is C22H21N3O5S. The first-order valence-corrected chi connectivity index (χ1v) is 10.9. The number of hydrogen-bond acceptors (Lipinski definition) is 5. The van der Waals surface area contributed by atoms with E-state index in [0.29, 0.717) is 17.7 Å². The minimum atomic E-state index is -4.03. The van der Waals surface area contributed by atoms with Gasteiger partial charge in [0.25, 0.3) is 21.6 Å². The average Bonchev–Trinajstić information content (AvgIpc) is 2.73. The molecule has 0 aliphatic carbocycles. The van der Waals surface area contributed by atoms with Gasteiger partial charge in [0.05, 0.1) is 9.82 Å². The summed E-state index contributed by atoms with van der Waals surface area (Å²) in [6, 6.07) is 17.4. The lowest BCUT2D eigenvalue weighted by molar-refractivity contribution is -0.385. The molecule has 0 aliphatic heterocycles. The lowest BCUT2D eigenvalue weighted by Crippen LogP contribution is -2.23. The second-order valence-electron chi connectivity index (χ2n) is 7.00. The lowest BCUT2D eigenvalue weighted by atomic mass is 10.1. The van der Waals surface area contributed by atoms with Crippen molar-refractivity contribution in [1.82, 2.24) is 5.32 Å². The van der Waals surface area contributed by atoms with E-state index in [0.717, 1.165) is 17.2 Å². The molecule has 31 heavy (non-hydrogen) atoms. The number of nitro benzene ring substituents is 1. The third-order valence-corrected chi connectivity index (χ3v) is 6.17. The Hall–Kier alpha value is -3.72. The number of carbonyl (C=O) groups is 1. The molecule has 0 aromatic heterocycles. The monoisotopic (exact) mass is 439 g/mol. The number of carbonyl (C=O) groups excluding carboxylic acids is 1. The van der Waals surface area contributed by atoms with Crippen molar-refractivity contribution >= 4 is 27.3 Å². The molecule has 0 fully saturated rings. The second kappa shape index (κ2) is 8.97. The van der Waals surface area contributed by atoms with Crippen LogP contribution >= 0.6 is 0 Å². The number of rotatable bonds is 7. The summed E-state index contributed by atoms with van der Waals surface area (Å²) < 4.78 is 27.5. The first kappa shape index (κ1) is 22.0. The van der Waals surface area contributed by atoms with Crippen LogP contribution < -0.4 is 10.0 Å². The van der Waals surface area contributed by atoms with Gasteiger partial charge in [0.15, 0.2) is 0 Å². The van der Waals surface area contributed by atoms with Crippen LogP contribution in [0.2, 0.25) is 0 Å². The molecule has 0 spiro atoms. The van der Waals surface area contributed by atoms with E-state index < -0.39 is 14.9 Å². The summed E-state index contributed by atoms with van der Waals surface area (Å²) >= 11 is 0. The van der Waals surface area contributed by atoms with Gasteiger partial charge in [-0.2, -0.15) is 0 Å². The molecule has 0 saturated heterocycles. The number of anilines is 1. The van der Waals surface area contributed by atoms with Gasteiger partial charge in [0.1, 0.15) is 0 Å². The molecule has 0 bridgehead atoms. The van der Waals surface area contributed by atoms with Crippen molar-refractivity contribution in [3.63, 3.8) is 0 Å². The molecular weight excluding hydrogens is 418 g/mol. The molecule has 3 aromatic carbocycles. The Morgan fingerprint density at radius 1 is 0.968 bits per heavy atom. The van der Waals surface area contributed by atoms with E-state index >= 15 is 0 Å². The topological polar surface area (TPSA) is 118 Å². The second-order valence-corrected chi connectivity index (χ2v) is 8.68. The van der Waals surface area contributed by atoms with E-state index in [9.17, 15) is 23.3 Å². The summed E-state index contributed by atoms with van der Waals surface area (Å²) in [6.45, 7) is 3.88. The van der Waals surface area contributed by atoms with Crippen LogP contribution in [0.3, 0.4) is 0 Å². The summed E-state index contributed by atoms with van der Waals surface area (Å²) in [7, 11) is -4.03. The number of benzene rings is 3. The summed E-state index contributed by atoms with van der Waals surface area (Å²) in [6.07, 6.45) is 0. The van der Waals surface area contributed by atoms with Crippen molar-refractivity contribution in [2.24, 2.45) is 0 Å². The first-order chi connectivity index (χ1) is 14.7. The summed E-state index contributed by atoms with van der Waals surface area (Å²) in [5.74, 6) is -0.285. The molecule has 0 atom stereocenters. The Morgan fingerprint density at radius 3 is 2.29 bits per heavy atom.